The zero-order valence-corrected chi connectivity index (χ0v) is 21.2. The number of carbonyl (C=O) groups excluding carboxylic acids is 1. The van der Waals surface area contributed by atoms with Crippen molar-refractivity contribution in [1.82, 2.24) is 9.62 Å². The molecule has 8 heteroatoms. The minimum Gasteiger partial charge on any atom is -0.508 e. The van der Waals surface area contributed by atoms with Gasteiger partial charge in [0, 0.05) is 30.0 Å². The van der Waals surface area contributed by atoms with Gasteiger partial charge in [0.2, 0.25) is 15.9 Å². The molecule has 2 bridgehead atoms. The molecule has 6 nitrogen and oxygen atoms in total. The van der Waals surface area contributed by atoms with Gasteiger partial charge in [-0.25, -0.2) is 17.5 Å². The van der Waals surface area contributed by atoms with Gasteiger partial charge in [-0.15, -0.1) is 0 Å². The molecule has 2 N–H and O–H groups in total. The third-order valence-corrected chi connectivity index (χ3v) is 10.6. The van der Waals surface area contributed by atoms with Crippen LogP contribution in [0.15, 0.2) is 47.4 Å². The molecule has 1 heterocycles. The molecule has 35 heavy (non-hydrogen) atoms. The van der Waals surface area contributed by atoms with Crippen molar-refractivity contribution in [3.8, 4) is 5.75 Å². The van der Waals surface area contributed by atoms with Crippen LogP contribution in [-0.4, -0.2) is 43.0 Å². The van der Waals surface area contributed by atoms with E-state index in [-0.39, 0.29) is 45.4 Å². The highest BCUT2D eigenvalue weighted by Gasteiger charge is 2.57. The molecular formula is C27H33FN2O4S. The molecule has 2 aliphatic carbocycles. The fourth-order valence-electron chi connectivity index (χ4n) is 6.66. The number of nitrogens with one attached hydrogen (secondary N) is 1. The van der Waals surface area contributed by atoms with E-state index < -0.39 is 15.8 Å². The number of nitrogens with zero attached hydrogens (tertiary/aromatic N) is 1. The minimum atomic E-state index is -3.86. The maximum absolute atomic E-state index is 13.8. The molecule has 0 radical (unpaired) electrons. The molecule has 0 aromatic heterocycles. The number of phenolic OH excluding ortho intramolecular Hbond substituents is 1. The summed E-state index contributed by atoms with van der Waals surface area (Å²) in [6, 6.07) is 10.3. The van der Waals surface area contributed by atoms with E-state index in [0.29, 0.717) is 32.2 Å². The molecule has 1 amide bonds. The van der Waals surface area contributed by atoms with Crippen LogP contribution in [0.2, 0.25) is 0 Å². The first kappa shape index (κ1) is 24.3. The summed E-state index contributed by atoms with van der Waals surface area (Å²) in [6.07, 6.45) is 3.02. The molecule has 0 spiro atoms. The van der Waals surface area contributed by atoms with Crippen LogP contribution in [-0.2, 0) is 26.7 Å². The zero-order valence-electron chi connectivity index (χ0n) is 20.4. The number of rotatable bonds is 4. The summed E-state index contributed by atoms with van der Waals surface area (Å²) in [5.41, 5.74) is 1.78. The monoisotopic (exact) mass is 500 g/mol. The fraction of sp³-hybridized carbons (Fsp3) is 0.519. The van der Waals surface area contributed by atoms with Crippen LogP contribution in [0.25, 0.3) is 0 Å². The number of benzene rings is 2. The average Bonchev–Trinajstić information content (AvgIpc) is 3.24. The fourth-order valence-corrected chi connectivity index (χ4v) is 7.97. The second kappa shape index (κ2) is 8.30. The highest BCUT2D eigenvalue weighted by molar-refractivity contribution is 7.89. The predicted molar refractivity (Wildman–Crippen MR) is 131 cm³/mol. The van der Waals surface area contributed by atoms with Crippen molar-refractivity contribution in [3.05, 3.63) is 59.4 Å². The van der Waals surface area contributed by atoms with Gasteiger partial charge in [-0.3, -0.25) is 4.79 Å². The Balaban J connectivity index is 1.33. The number of hydrogen-bond acceptors (Lipinski definition) is 4. The van der Waals surface area contributed by atoms with Crippen molar-refractivity contribution in [2.24, 2.45) is 11.3 Å². The lowest BCUT2D eigenvalue weighted by atomic mass is 9.51. The maximum Gasteiger partial charge on any atom is 0.240 e. The van der Waals surface area contributed by atoms with E-state index in [1.54, 1.807) is 6.07 Å². The number of sulfonamides is 1. The van der Waals surface area contributed by atoms with E-state index in [0.717, 1.165) is 18.1 Å². The van der Waals surface area contributed by atoms with E-state index in [2.05, 4.69) is 31.6 Å². The lowest BCUT2D eigenvalue weighted by Crippen LogP contribution is -2.65. The Morgan fingerprint density at radius 2 is 1.89 bits per heavy atom. The molecule has 3 aliphatic rings. The number of piperidine rings is 1. The third kappa shape index (κ3) is 3.85. The van der Waals surface area contributed by atoms with Crippen LogP contribution < -0.4 is 4.72 Å². The van der Waals surface area contributed by atoms with Crippen molar-refractivity contribution in [3.63, 3.8) is 0 Å². The first-order chi connectivity index (χ1) is 16.4. The van der Waals surface area contributed by atoms with Gasteiger partial charge in [0.15, 0.2) is 0 Å². The van der Waals surface area contributed by atoms with Gasteiger partial charge < -0.3 is 10.0 Å². The zero-order chi connectivity index (χ0) is 25.2. The molecule has 2 aromatic rings. The van der Waals surface area contributed by atoms with Gasteiger partial charge in [0.1, 0.15) is 11.6 Å². The van der Waals surface area contributed by atoms with Gasteiger partial charge in [0.05, 0.1) is 4.90 Å². The Hall–Kier alpha value is -2.45. The second-order valence-electron chi connectivity index (χ2n) is 11.1. The topological polar surface area (TPSA) is 86.7 Å². The SMILES string of the molecule is CC1(C)[C@H]2Cc3c(O)cccc3[C@]1(C)CCN2C(=O)[C@@H]1CC[C@@H](NS(=O)(=O)c2cccc(F)c2)C1. The molecular weight excluding hydrogens is 467 g/mol. The van der Waals surface area contributed by atoms with E-state index >= 15 is 0 Å². The van der Waals surface area contributed by atoms with Gasteiger partial charge in [-0.05, 0) is 72.9 Å². The lowest BCUT2D eigenvalue weighted by molar-refractivity contribution is -0.148. The summed E-state index contributed by atoms with van der Waals surface area (Å²) in [7, 11) is -3.86. The number of hydrogen-bond donors (Lipinski definition) is 2. The van der Waals surface area contributed by atoms with E-state index in [9.17, 15) is 22.7 Å². The average molecular weight is 501 g/mol. The molecule has 5 rings (SSSR count). The normalized spacial score (nSPS) is 29.6. The number of phenols is 1. The van der Waals surface area contributed by atoms with Crippen LogP contribution in [0.3, 0.4) is 0 Å². The van der Waals surface area contributed by atoms with Gasteiger partial charge in [-0.1, -0.05) is 39.0 Å². The number of amides is 1. The summed E-state index contributed by atoms with van der Waals surface area (Å²) >= 11 is 0. The quantitative estimate of drug-likeness (QED) is 0.661. The number of aromatic hydroxyl groups is 1. The smallest absolute Gasteiger partial charge is 0.240 e. The summed E-state index contributed by atoms with van der Waals surface area (Å²) in [4.78, 5) is 15.6. The first-order valence-corrected chi connectivity index (χ1v) is 13.8. The number of fused-ring (bicyclic) bond motifs is 4. The molecule has 188 valence electrons. The largest absolute Gasteiger partial charge is 0.508 e. The molecule has 2 aromatic carbocycles. The predicted octanol–water partition coefficient (Wildman–Crippen LogP) is 4.12. The maximum atomic E-state index is 13.8. The molecule has 1 aliphatic heterocycles. The van der Waals surface area contributed by atoms with Crippen molar-refractivity contribution in [2.75, 3.05) is 6.54 Å². The van der Waals surface area contributed by atoms with Crippen LogP contribution in [0.4, 0.5) is 4.39 Å². The van der Waals surface area contributed by atoms with Crippen LogP contribution >= 0.6 is 0 Å². The number of carbonyl (C=O) groups is 1. The highest BCUT2D eigenvalue weighted by Crippen LogP contribution is 2.57. The standard InChI is InChI=1S/C27H33FN2O4S/c1-26(2)24-16-21-22(8-5-9-23(21)31)27(26,3)12-13-30(24)25(32)17-10-11-19(14-17)29-35(33,34)20-7-4-6-18(28)15-20/h4-9,15,17,19,24,29,31H,10-14,16H2,1-3H3/t17-,19-,24-,27+/m1/s1. The van der Waals surface area contributed by atoms with Gasteiger partial charge in [-0.2, -0.15) is 0 Å². The van der Waals surface area contributed by atoms with Gasteiger partial charge in [0.25, 0.3) is 0 Å². The Labute approximate surface area is 206 Å². The summed E-state index contributed by atoms with van der Waals surface area (Å²) in [5.74, 6) is -0.513. The Morgan fingerprint density at radius 1 is 1.14 bits per heavy atom. The van der Waals surface area contributed by atoms with Crippen molar-refractivity contribution in [1.29, 1.82) is 0 Å². The van der Waals surface area contributed by atoms with E-state index in [1.807, 2.05) is 11.0 Å². The minimum absolute atomic E-state index is 0.0439. The van der Waals surface area contributed by atoms with E-state index in [4.69, 9.17) is 0 Å². The van der Waals surface area contributed by atoms with Crippen LogP contribution in [0.5, 0.6) is 5.75 Å². The second-order valence-corrected chi connectivity index (χ2v) is 12.9. The lowest BCUT2D eigenvalue weighted by Gasteiger charge is -2.61. The molecule has 1 saturated carbocycles. The van der Waals surface area contributed by atoms with Crippen molar-refractivity contribution < 1.29 is 22.7 Å². The Bertz CT molecular complexity index is 1280. The highest BCUT2D eigenvalue weighted by atomic mass is 32.2. The van der Waals surface area contributed by atoms with E-state index in [1.165, 1.54) is 23.8 Å². The van der Waals surface area contributed by atoms with Crippen molar-refractivity contribution in [2.45, 2.75) is 75.3 Å². The van der Waals surface area contributed by atoms with Gasteiger partial charge >= 0.3 is 0 Å². The first-order valence-electron chi connectivity index (χ1n) is 12.3. The summed E-state index contributed by atoms with van der Waals surface area (Å²) in [6.45, 7) is 7.32. The Kier molecular flexibility index (Phi) is 5.75. The number of halogens is 1. The molecule has 0 unspecified atom stereocenters. The summed E-state index contributed by atoms with van der Waals surface area (Å²) < 4.78 is 41.7. The number of likely N-dealkylation sites (tertiary alicyclic amines) is 1. The van der Waals surface area contributed by atoms with Crippen molar-refractivity contribution >= 4 is 15.9 Å². The molecule has 4 atom stereocenters. The van der Waals surface area contributed by atoms with Crippen LogP contribution in [0.1, 0.15) is 57.6 Å². The molecule has 1 saturated heterocycles. The third-order valence-electron chi connectivity index (χ3n) is 9.12. The summed E-state index contributed by atoms with van der Waals surface area (Å²) in [5, 5.41) is 10.6. The molecule has 2 fully saturated rings. The van der Waals surface area contributed by atoms with Crippen LogP contribution in [0, 0.1) is 17.2 Å². The Morgan fingerprint density at radius 3 is 2.63 bits per heavy atom.